The van der Waals surface area contributed by atoms with Crippen molar-refractivity contribution in [2.24, 2.45) is 0 Å². The highest BCUT2D eigenvalue weighted by molar-refractivity contribution is 5.72. The van der Waals surface area contributed by atoms with Crippen LogP contribution in [0.25, 0.3) is 17.1 Å². The van der Waals surface area contributed by atoms with E-state index in [4.69, 9.17) is 9.26 Å². The van der Waals surface area contributed by atoms with Crippen molar-refractivity contribution in [1.82, 2.24) is 24.7 Å². The molecule has 3 heterocycles. The highest BCUT2D eigenvalue weighted by Gasteiger charge is 2.29. The Kier molecular flexibility index (Phi) is 3.29. The third kappa shape index (κ3) is 2.67. The molecule has 118 valence electrons. The van der Waals surface area contributed by atoms with Gasteiger partial charge in [0.1, 0.15) is 12.2 Å². The minimum atomic E-state index is -0.322. The number of carbonyl (C=O) groups is 1. The van der Waals surface area contributed by atoms with Crippen molar-refractivity contribution in [3.05, 3.63) is 30.0 Å². The second-order valence-electron chi connectivity index (χ2n) is 5.47. The number of rotatable bonds is 5. The molecule has 1 fully saturated rings. The Morgan fingerprint density at radius 3 is 3.09 bits per heavy atom. The van der Waals surface area contributed by atoms with Crippen LogP contribution < -0.4 is 0 Å². The van der Waals surface area contributed by atoms with Gasteiger partial charge in [-0.1, -0.05) is 5.16 Å². The summed E-state index contributed by atoms with van der Waals surface area (Å²) >= 11 is 0. The highest BCUT2D eigenvalue weighted by Crippen LogP contribution is 2.38. The molecule has 1 aliphatic carbocycles. The average Bonchev–Trinajstić information content (AvgIpc) is 3.15. The molecule has 0 amide bonds. The number of aromatic nitrogens is 5. The number of ether oxygens (including phenoxy) is 1. The van der Waals surface area contributed by atoms with E-state index >= 15 is 0 Å². The van der Waals surface area contributed by atoms with Crippen LogP contribution >= 0.6 is 0 Å². The topological polar surface area (TPSA) is 95.4 Å². The number of esters is 1. The maximum Gasteiger partial charge on any atom is 0.313 e. The maximum atomic E-state index is 11.6. The summed E-state index contributed by atoms with van der Waals surface area (Å²) in [5.41, 5.74) is 1.40. The zero-order valence-electron chi connectivity index (χ0n) is 12.6. The van der Waals surface area contributed by atoms with Crippen LogP contribution in [0.1, 0.15) is 37.3 Å². The third-order valence-corrected chi connectivity index (χ3v) is 3.72. The van der Waals surface area contributed by atoms with Gasteiger partial charge in [-0.3, -0.25) is 9.20 Å². The van der Waals surface area contributed by atoms with E-state index in [9.17, 15) is 4.79 Å². The predicted octanol–water partition coefficient (Wildman–Crippen LogP) is 1.76. The van der Waals surface area contributed by atoms with Crippen LogP contribution in [0.5, 0.6) is 0 Å². The van der Waals surface area contributed by atoms with Crippen molar-refractivity contribution < 1.29 is 14.1 Å². The van der Waals surface area contributed by atoms with E-state index in [-0.39, 0.29) is 12.4 Å². The van der Waals surface area contributed by atoms with Gasteiger partial charge >= 0.3 is 5.97 Å². The summed E-state index contributed by atoms with van der Waals surface area (Å²) < 4.78 is 12.0. The van der Waals surface area contributed by atoms with Gasteiger partial charge in [0.25, 0.3) is 5.89 Å². The Bertz CT molecular complexity index is 865. The summed E-state index contributed by atoms with van der Waals surface area (Å²) in [5.74, 6) is 1.90. The molecule has 0 bridgehead atoms. The van der Waals surface area contributed by atoms with E-state index in [1.54, 1.807) is 17.5 Å². The standard InChI is InChI=1S/C15H15N5O3/c1-2-22-13(21)8-12-18-17-11-7-10(5-6-20(11)12)15-16-14(19-23-15)9-3-4-9/h5-7,9H,2-4,8H2,1H3. The second kappa shape index (κ2) is 5.45. The molecule has 0 radical (unpaired) electrons. The lowest BCUT2D eigenvalue weighted by atomic mass is 10.2. The van der Waals surface area contributed by atoms with Gasteiger partial charge in [0, 0.05) is 17.7 Å². The molecule has 23 heavy (non-hydrogen) atoms. The molecule has 1 saturated carbocycles. The Morgan fingerprint density at radius 1 is 1.43 bits per heavy atom. The molecule has 0 atom stereocenters. The van der Waals surface area contributed by atoms with E-state index in [0.29, 0.717) is 29.9 Å². The van der Waals surface area contributed by atoms with Gasteiger partial charge in [-0.2, -0.15) is 4.98 Å². The van der Waals surface area contributed by atoms with E-state index in [2.05, 4.69) is 20.3 Å². The van der Waals surface area contributed by atoms with Crippen molar-refractivity contribution in [3.8, 4) is 11.5 Å². The van der Waals surface area contributed by atoms with Crippen LogP contribution in [0.4, 0.5) is 0 Å². The summed E-state index contributed by atoms with van der Waals surface area (Å²) in [6.07, 6.45) is 4.12. The van der Waals surface area contributed by atoms with Crippen LogP contribution in [0.2, 0.25) is 0 Å². The zero-order chi connectivity index (χ0) is 15.8. The quantitative estimate of drug-likeness (QED) is 0.662. The molecule has 4 rings (SSSR count). The van der Waals surface area contributed by atoms with Crippen LogP contribution in [0, 0.1) is 0 Å². The fourth-order valence-corrected chi connectivity index (χ4v) is 2.39. The fraction of sp³-hybridized carbons (Fsp3) is 0.400. The molecule has 0 spiro atoms. The zero-order valence-corrected chi connectivity index (χ0v) is 12.6. The van der Waals surface area contributed by atoms with Crippen molar-refractivity contribution in [1.29, 1.82) is 0 Å². The van der Waals surface area contributed by atoms with Crippen LogP contribution in [-0.2, 0) is 16.0 Å². The first-order chi connectivity index (χ1) is 11.2. The second-order valence-corrected chi connectivity index (χ2v) is 5.47. The minimum Gasteiger partial charge on any atom is -0.466 e. The summed E-state index contributed by atoms with van der Waals surface area (Å²) in [6.45, 7) is 2.12. The number of fused-ring (bicyclic) bond motifs is 1. The largest absolute Gasteiger partial charge is 0.466 e. The SMILES string of the molecule is CCOC(=O)Cc1nnc2cc(-c3nc(C4CC4)no3)ccn12. The molecule has 0 aromatic carbocycles. The van der Waals surface area contributed by atoms with Gasteiger partial charge in [-0.25, -0.2) is 0 Å². The molecule has 0 aliphatic heterocycles. The number of nitrogens with zero attached hydrogens (tertiary/aromatic N) is 5. The van der Waals surface area contributed by atoms with Gasteiger partial charge in [0.05, 0.1) is 6.61 Å². The molecular weight excluding hydrogens is 298 g/mol. The third-order valence-electron chi connectivity index (χ3n) is 3.72. The summed E-state index contributed by atoms with van der Waals surface area (Å²) in [6, 6.07) is 3.65. The van der Waals surface area contributed by atoms with E-state index in [0.717, 1.165) is 24.2 Å². The normalized spacial score (nSPS) is 14.3. The molecule has 0 saturated heterocycles. The van der Waals surface area contributed by atoms with Gasteiger partial charge in [0.15, 0.2) is 11.5 Å². The van der Waals surface area contributed by atoms with E-state index < -0.39 is 0 Å². The molecular formula is C15H15N5O3. The summed E-state index contributed by atoms with van der Waals surface area (Å²) in [4.78, 5) is 16.0. The highest BCUT2D eigenvalue weighted by atomic mass is 16.5. The number of pyridine rings is 1. The number of hydrogen-bond donors (Lipinski definition) is 0. The lowest BCUT2D eigenvalue weighted by molar-refractivity contribution is -0.142. The molecule has 1 aliphatic rings. The van der Waals surface area contributed by atoms with E-state index in [1.807, 2.05) is 12.1 Å². The molecule has 8 heteroatoms. The summed E-state index contributed by atoms with van der Waals surface area (Å²) in [5, 5.41) is 12.1. The average molecular weight is 313 g/mol. The smallest absolute Gasteiger partial charge is 0.313 e. The Morgan fingerprint density at radius 2 is 2.30 bits per heavy atom. The van der Waals surface area contributed by atoms with Gasteiger partial charge in [0.2, 0.25) is 0 Å². The number of carbonyl (C=O) groups excluding carboxylic acids is 1. The monoisotopic (exact) mass is 313 g/mol. The van der Waals surface area contributed by atoms with Crippen molar-refractivity contribution in [2.45, 2.75) is 32.1 Å². The lowest BCUT2D eigenvalue weighted by Gasteiger charge is -2.01. The van der Waals surface area contributed by atoms with Crippen molar-refractivity contribution in [3.63, 3.8) is 0 Å². The lowest BCUT2D eigenvalue weighted by Crippen LogP contribution is -2.10. The molecule has 8 nitrogen and oxygen atoms in total. The van der Waals surface area contributed by atoms with E-state index in [1.165, 1.54) is 0 Å². The molecule has 0 N–H and O–H groups in total. The number of hydrogen-bond acceptors (Lipinski definition) is 7. The first kappa shape index (κ1) is 13.9. The first-order valence-corrected chi connectivity index (χ1v) is 7.58. The van der Waals surface area contributed by atoms with Gasteiger partial charge in [-0.05, 0) is 31.9 Å². The molecule has 3 aromatic heterocycles. The molecule has 3 aromatic rings. The van der Waals surface area contributed by atoms with Gasteiger partial charge in [-0.15, -0.1) is 10.2 Å². The maximum absolute atomic E-state index is 11.6. The predicted molar refractivity (Wildman–Crippen MR) is 78.6 cm³/mol. The van der Waals surface area contributed by atoms with Gasteiger partial charge < -0.3 is 9.26 Å². The first-order valence-electron chi connectivity index (χ1n) is 7.58. The van der Waals surface area contributed by atoms with Crippen molar-refractivity contribution in [2.75, 3.05) is 6.61 Å². The minimum absolute atomic E-state index is 0.0841. The Labute approximate surface area is 131 Å². The van der Waals surface area contributed by atoms with Crippen LogP contribution in [-0.4, -0.2) is 37.3 Å². The summed E-state index contributed by atoms with van der Waals surface area (Å²) in [7, 11) is 0. The Balaban J connectivity index is 1.61. The fourth-order valence-electron chi connectivity index (χ4n) is 2.39. The Hall–Kier alpha value is -2.77. The van der Waals surface area contributed by atoms with Crippen LogP contribution in [0.15, 0.2) is 22.9 Å². The molecule has 0 unspecified atom stereocenters. The van der Waals surface area contributed by atoms with Crippen molar-refractivity contribution >= 4 is 11.6 Å². The van der Waals surface area contributed by atoms with Crippen LogP contribution in [0.3, 0.4) is 0 Å².